The van der Waals surface area contributed by atoms with Crippen LogP contribution in [0.15, 0.2) is 46.3 Å². The molecule has 0 atom stereocenters. The van der Waals surface area contributed by atoms with E-state index in [4.69, 9.17) is 4.42 Å². The van der Waals surface area contributed by atoms with Gasteiger partial charge in [-0.15, -0.1) is 0 Å². The zero-order valence-corrected chi connectivity index (χ0v) is 13.0. The van der Waals surface area contributed by atoms with Gasteiger partial charge in [-0.3, -0.25) is 4.99 Å². The Balaban J connectivity index is 2.18. The van der Waals surface area contributed by atoms with Crippen LogP contribution in [0, 0.1) is 0 Å². The van der Waals surface area contributed by atoms with Gasteiger partial charge in [0.2, 0.25) is 5.55 Å². The van der Waals surface area contributed by atoms with E-state index in [-0.39, 0.29) is 0 Å². The Bertz CT molecular complexity index is 831. The van der Waals surface area contributed by atoms with Crippen molar-refractivity contribution < 1.29 is 4.42 Å². The Morgan fingerprint density at radius 2 is 2.05 bits per heavy atom. The van der Waals surface area contributed by atoms with Crippen molar-refractivity contribution in [1.29, 1.82) is 0 Å². The molecule has 22 heavy (non-hydrogen) atoms. The van der Waals surface area contributed by atoms with E-state index in [1.54, 1.807) is 18.1 Å². The van der Waals surface area contributed by atoms with Crippen molar-refractivity contribution >= 4 is 16.7 Å². The zero-order chi connectivity index (χ0) is 15.5. The highest BCUT2D eigenvalue weighted by Crippen LogP contribution is 2.22. The summed E-state index contributed by atoms with van der Waals surface area (Å²) in [6, 6.07) is 8.25. The molecule has 0 fully saturated rings. The molecule has 0 N–H and O–H groups in total. The molecule has 0 radical (unpaired) electrons. The van der Waals surface area contributed by atoms with Crippen LogP contribution >= 0.6 is 0 Å². The lowest BCUT2D eigenvalue weighted by atomic mass is 10.2. The summed E-state index contributed by atoms with van der Waals surface area (Å²) in [5.74, 6) is 0. The monoisotopic (exact) mass is 297 g/mol. The molecule has 2 aromatic heterocycles. The SMILES string of the molecule is CCN(CC)c1ccc2cc(-n3cncn3)c(=NC)oc2c1. The fourth-order valence-electron chi connectivity index (χ4n) is 2.54. The third-order valence-electron chi connectivity index (χ3n) is 3.71. The lowest BCUT2D eigenvalue weighted by Crippen LogP contribution is -2.21. The number of benzene rings is 1. The van der Waals surface area contributed by atoms with Crippen molar-refractivity contribution in [2.45, 2.75) is 13.8 Å². The normalized spacial score (nSPS) is 12.0. The van der Waals surface area contributed by atoms with Gasteiger partial charge in [0, 0.05) is 37.3 Å². The molecule has 0 spiro atoms. The molecular weight excluding hydrogens is 278 g/mol. The summed E-state index contributed by atoms with van der Waals surface area (Å²) in [5, 5.41) is 5.16. The smallest absolute Gasteiger partial charge is 0.240 e. The second kappa shape index (κ2) is 6.01. The van der Waals surface area contributed by atoms with E-state index in [9.17, 15) is 0 Å². The number of hydrogen-bond acceptors (Lipinski definition) is 5. The maximum absolute atomic E-state index is 5.96. The topological polar surface area (TPSA) is 59.5 Å². The lowest BCUT2D eigenvalue weighted by Gasteiger charge is -2.21. The highest BCUT2D eigenvalue weighted by atomic mass is 16.3. The third-order valence-corrected chi connectivity index (χ3v) is 3.71. The summed E-state index contributed by atoms with van der Waals surface area (Å²) in [6.07, 6.45) is 3.13. The molecule has 0 aliphatic rings. The molecule has 6 heteroatoms. The molecular formula is C16H19N5O. The van der Waals surface area contributed by atoms with Crippen LogP contribution in [0.2, 0.25) is 0 Å². The van der Waals surface area contributed by atoms with E-state index in [1.165, 1.54) is 6.33 Å². The number of anilines is 1. The molecule has 0 unspecified atom stereocenters. The van der Waals surface area contributed by atoms with Crippen molar-refractivity contribution in [2.75, 3.05) is 25.0 Å². The zero-order valence-electron chi connectivity index (χ0n) is 13.0. The minimum absolute atomic E-state index is 0.537. The highest BCUT2D eigenvalue weighted by Gasteiger charge is 2.09. The highest BCUT2D eigenvalue weighted by molar-refractivity contribution is 5.82. The molecule has 0 amide bonds. The predicted octanol–water partition coefficient (Wildman–Crippen LogP) is 2.39. The van der Waals surface area contributed by atoms with Gasteiger partial charge in [0.05, 0.1) is 0 Å². The average Bonchev–Trinajstić information content (AvgIpc) is 3.09. The van der Waals surface area contributed by atoms with Crippen LogP contribution in [0.4, 0.5) is 5.69 Å². The molecule has 0 aliphatic heterocycles. The van der Waals surface area contributed by atoms with Crippen LogP contribution < -0.4 is 10.5 Å². The first-order chi connectivity index (χ1) is 10.8. The van der Waals surface area contributed by atoms with Crippen molar-refractivity contribution in [1.82, 2.24) is 14.8 Å². The van der Waals surface area contributed by atoms with Gasteiger partial charge < -0.3 is 9.32 Å². The first-order valence-electron chi connectivity index (χ1n) is 7.37. The van der Waals surface area contributed by atoms with Gasteiger partial charge in [-0.1, -0.05) is 0 Å². The molecule has 3 rings (SSSR count). The summed E-state index contributed by atoms with van der Waals surface area (Å²) in [6.45, 7) is 6.21. The second-order valence-corrected chi connectivity index (χ2v) is 4.89. The first kappa shape index (κ1) is 14.3. The number of nitrogens with zero attached hydrogens (tertiary/aromatic N) is 5. The predicted molar refractivity (Wildman–Crippen MR) is 86.2 cm³/mol. The average molecular weight is 297 g/mol. The molecule has 6 nitrogen and oxygen atoms in total. The summed E-state index contributed by atoms with van der Waals surface area (Å²) in [5.41, 5.74) is 3.28. The van der Waals surface area contributed by atoms with Crippen molar-refractivity contribution in [3.8, 4) is 5.69 Å². The Labute approximate surface area is 128 Å². The number of aromatic nitrogens is 3. The van der Waals surface area contributed by atoms with Gasteiger partial charge in [0.25, 0.3) is 0 Å². The van der Waals surface area contributed by atoms with Gasteiger partial charge >= 0.3 is 0 Å². The fourth-order valence-corrected chi connectivity index (χ4v) is 2.54. The largest absolute Gasteiger partial charge is 0.437 e. The van der Waals surface area contributed by atoms with Crippen LogP contribution in [-0.2, 0) is 0 Å². The van der Waals surface area contributed by atoms with Gasteiger partial charge in [-0.05, 0) is 32.0 Å². The van der Waals surface area contributed by atoms with Gasteiger partial charge in [0.15, 0.2) is 0 Å². The minimum atomic E-state index is 0.537. The quantitative estimate of drug-likeness (QED) is 0.742. The van der Waals surface area contributed by atoms with Crippen molar-refractivity contribution in [2.24, 2.45) is 4.99 Å². The van der Waals surface area contributed by atoms with Crippen LogP contribution in [0.1, 0.15) is 13.8 Å². The Kier molecular flexibility index (Phi) is 3.91. The first-order valence-corrected chi connectivity index (χ1v) is 7.37. The van der Waals surface area contributed by atoms with Crippen LogP contribution in [-0.4, -0.2) is 34.9 Å². The van der Waals surface area contributed by atoms with E-state index in [2.05, 4.69) is 52.0 Å². The van der Waals surface area contributed by atoms with E-state index in [1.807, 2.05) is 6.07 Å². The lowest BCUT2D eigenvalue weighted by molar-refractivity contribution is 0.532. The van der Waals surface area contributed by atoms with Gasteiger partial charge in [-0.25, -0.2) is 9.67 Å². The Morgan fingerprint density at radius 1 is 1.23 bits per heavy atom. The van der Waals surface area contributed by atoms with Crippen molar-refractivity contribution in [3.05, 3.63) is 42.5 Å². The molecule has 0 saturated carbocycles. The molecule has 2 heterocycles. The van der Waals surface area contributed by atoms with Crippen LogP contribution in [0.25, 0.3) is 16.7 Å². The maximum Gasteiger partial charge on any atom is 0.240 e. The minimum Gasteiger partial charge on any atom is -0.437 e. The molecule has 114 valence electrons. The summed E-state index contributed by atoms with van der Waals surface area (Å²) in [7, 11) is 1.71. The molecule has 3 aromatic rings. The van der Waals surface area contributed by atoms with E-state index < -0.39 is 0 Å². The maximum atomic E-state index is 5.96. The summed E-state index contributed by atoms with van der Waals surface area (Å²) < 4.78 is 7.62. The van der Waals surface area contributed by atoms with Crippen LogP contribution in [0.5, 0.6) is 0 Å². The Morgan fingerprint density at radius 3 is 2.68 bits per heavy atom. The van der Waals surface area contributed by atoms with Crippen LogP contribution in [0.3, 0.4) is 0 Å². The standard InChI is InChI=1S/C16H19N5O/c1-4-20(5-2)13-7-6-12-8-14(21-11-18-10-19-21)16(17-3)22-15(12)9-13/h6-11H,4-5H2,1-3H3. The molecule has 1 aromatic carbocycles. The van der Waals surface area contributed by atoms with E-state index in [0.29, 0.717) is 5.55 Å². The Hall–Kier alpha value is -2.63. The molecule has 0 saturated heterocycles. The number of fused-ring (bicyclic) bond motifs is 1. The second-order valence-electron chi connectivity index (χ2n) is 4.89. The number of hydrogen-bond donors (Lipinski definition) is 0. The number of rotatable bonds is 4. The third kappa shape index (κ3) is 2.47. The van der Waals surface area contributed by atoms with E-state index >= 15 is 0 Å². The fraction of sp³-hybridized carbons (Fsp3) is 0.312. The van der Waals surface area contributed by atoms with Gasteiger partial charge in [-0.2, -0.15) is 5.10 Å². The molecule has 0 aliphatic carbocycles. The summed E-state index contributed by atoms with van der Waals surface area (Å²) >= 11 is 0. The van der Waals surface area contributed by atoms with Crippen molar-refractivity contribution in [3.63, 3.8) is 0 Å². The van der Waals surface area contributed by atoms with E-state index in [0.717, 1.165) is 35.4 Å². The summed E-state index contributed by atoms with van der Waals surface area (Å²) in [4.78, 5) is 10.5. The van der Waals surface area contributed by atoms with Gasteiger partial charge in [0.1, 0.15) is 23.9 Å². The molecule has 0 bridgehead atoms.